The summed E-state index contributed by atoms with van der Waals surface area (Å²) >= 11 is 0. The van der Waals surface area contributed by atoms with Crippen molar-refractivity contribution in [1.29, 1.82) is 0 Å². The van der Waals surface area contributed by atoms with Crippen molar-refractivity contribution in [1.82, 2.24) is 5.32 Å². The maximum atomic E-state index is 13.7. The Morgan fingerprint density at radius 1 is 1.21 bits per heavy atom. The van der Waals surface area contributed by atoms with Crippen LogP contribution in [-0.4, -0.2) is 56.9 Å². The van der Waals surface area contributed by atoms with Crippen molar-refractivity contribution in [3.05, 3.63) is 46.3 Å². The van der Waals surface area contributed by atoms with Crippen molar-refractivity contribution in [2.24, 2.45) is 11.8 Å². The van der Waals surface area contributed by atoms with Gasteiger partial charge in [-0.1, -0.05) is 13.0 Å². The van der Waals surface area contributed by atoms with Crippen molar-refractivity contribution >= 4 is 17.7 Å². The first kappa shape index (κ1) is 25.3. The average Bonchev–Trinajstić information content (AvgIpc) is 2.80. The second kappa shape index (κ2) is 10.7. The van der Waals surface area contributed by atoms with E-state index in [0.717, 1.165) is 0 Å². The van der Waals surface area contributed by atoms with Crippen LogP contribution in [-0.2, 0) is 28.6 Å². The normalized spacial score (nSPS) is 22.1. The number of methoxy groups -OCH3 is 2. The van der Waals surface area contributed by atoms with Gasteiger partial charge in [0.1, 0.15) is 12.5 Å². The zero-order valence-corrected chi connectivity index (χ0v) is 20.1. The maximum absolute atomic E-state index is 13.7. The van der Waals surface area contributed by atoms with Crippen LogP contribution < -0.4 is 10.1 Å². The van der Waals surface area contributed by atoms with Gasteiger partial charge in [0.15, 0.2) is 17.3 Å². The first-order valence-electron chi connectivity index (χ1n) is 11.2. The van der Waals surface area contributed by atoms with Crippen LogP contribution in [0.1, 0.15) is 38.7 Å². The van der Waals surface area contributed by atoms with Crippen LogP contribution in [0.3, 0.4) is 0 Å². The fourth-order valence-electron chi connectivity index (χ4n) is 4.59. The van der Waals surface area contributed by atoms with E-state index in [-0.39, 0.29) is 36.2 Å². The van der Waals surface area contributed by atoms with Crippen molar-refractivity contribution < 1.29 is 38.4 Å². The third kappa shape index (κ3) is 4.79. The Labute approximate surface area is 198 Å². The molecule has 0 radical (unpaired) electrons. The van der Waals surface area contributed by atoms with E-state index < -0.39 is 29.6 Å². The van der Waals surface area contributed by atoms with E-state index in [9.17, 15) is 19.5 Å². The number of allylic oxidation sites excluding steroid dienone is 3. The lowest BCUT2D eigenvalue weighted by molar-refractivity contribution is -0.151. The molecule has 1 aliphatic carbocycles. The minimum atomic E-state index is -0.992. The highest BCUT2D eigenvalue weighted by Gasteiger charge is 2.47. The molecule has 0 amide bonds. The molecule has 0 unspecified atom stereocenters. The Morgan fingerprint density at radius 3 is 2.56 bits per heavy atom. The number of hydrogen-bond donors (Lipinski definition) is 2. The summed E-state index contributed by atoms with van der Waals surface area (Å²) in [7, 11) is 2.67. The molecular formula is C25H31NO8. The number of ether oxygens (including phenoxy) is 4. The van der Waals surface area contributed by atoms with E-state index >= 15 is 0 Å². The highest BCUT2D eigenvalue weighted by atomic mass is 16.6. The fourth-order valence-corrected chi connectivity index (χ4v) is 4.59. The predicted octanol–water partition coefficient (Wildman–Crippen LogP) is 2.59. The number of rotatable bonds is 8. The number of aromatic hydroxyl groups is 1. The molecule has 9 nitrogen and oxygen atoms in total. The molecule has 0 aromatic heterocycles. The number of benzene rings is 1. The fraction of sp³-hybridized carbons (Fsp3) is 0.480. The molecule has 3 rings (SSSR count). The van der Waals surface area contributed by atoms with E-state index in [1.165, 1.54) is 20.3 Å². The Kier molecular flexibility index (Phi) is 7.98. The van der Waals surface area contributed by atoms with Gasteiger partial charge in [-0.3, -0.25) is 9.59 Å². The molecule has 0 spiro atoms. The van der Waals surface area contributed by atoms with Gasteiger partial charge in [0.2, 0.25) is 0 Å². The minimum Gasteiger partial charge on any atom is -0.504 e. The minimum absolute atomic E-state index is 0.0473. The Morgan fingerprint density at radius 2 is 1.94 bits per heavy atom. The number of carbonyl (C=O) groups excluding carboxylic acids is 3. The standard InChI is InChI=1S/C25H31NO8/c1-6-33-9-10-34-25(30)20-14(3)26-16-11-13(2)19(24(29)32-5)23(28)22(16)21(20)15-7-8-18(31-4)17(27)12-15/h7-8,12-13,19,21,26-27H,6,9-11H2,1-5H3/t13-,19+,21-/m1/s1. The predicted molar refractivity (Wildman–Crippen MR) is 122 cm³/mol. The lowest BCUT2D eigenvalue weighted by Gasteiger charge is -2.38. The molecule has 1 heterocycles. The van der Waals surface area contributed by atoms with Gasteiger partial charge in [0, 0.05) is 29.5 Å². The zero-order valence-electron chi connectivity index (χ0n) is 20.1. The summed E-state index contributed by atoms with van der Waals surface area (Å²) in [6, 6.07) is 4.70. The molecule has 9 heteroatoms. The number of ketones is 1. The molecule has 1 aromatic carbocycles. The van der Waals surface area contributed by atoms with Gasteiger partial charge in [-0.05, 0) is 43.9 Å². The second-order valence-electron chi connectivity index (χ2n) is 8.30. The molecule has 0 saturated heterocycles. The van der Waals surface area contributed by atoms with Crippen LogP contribution in [0.15, 0.2) is 40.7 Å². The highest BCUT2D eigenvalue weighted by molar-refractivity contribution is 6.12. The summed E-state index contributed by atoms with van der Waals surface area (Å²) in [5.41, 5.74) is 2.19. The van der Waals surface area contributed by atoms with Gasteiger partial charge >= 0.3 is 11.9 Å². The van der Waals surface area contributed by atoms with Gasteiger partial charge in [-0.15, -0.1) is 0 Å². The molecule has 34 heavy (non-hydrogen) atoms. The number of nitrogens with one attached hydrogen (secondary N) is 1. The average molecular weight is 474 g/mol. The third-order valence-corrected chi connectivity index (χ3v) is 6.16. The Hall–Kier alpha value is -3.33. The van der Waals surface area contributed by atoms with Crippen molar-refractivity contribution in [2.45, 2.75) is 33.1 Å². The van der Waals surface area contributed by atoms with Gasteiger partial charge in [-0.2, -0.15) is 0 Å². The van der Waals surface area contributed by atoms with Crippen LogP contribution in [0.2, 0.25) is 0 Å². The largest absolute Gasteiger partial charge is 0.504 e. The Bertz CT molecular complexity index is 1040. The van der Waals surface area contributed by atoms with Gasteiger partial charge in [0.25, 0.3) is 0 Å². The number of phenols is 1. The summed E-state index contributed by atoms with van der Waals surface area (Å²) < 4.78 is 20.7. The summed E-state index contributed by atoms with van der Waals surface area (Å²) in [5, 5.41) is 13.6. The second-order valence-corrected chi connectivity index (χ2v) is 8.30. The molecular weight excluding hydrogens is 442 g/mol. The summed E-state index contributed by atoms with van der Waals surface area (Å²) in [6.07, 6.45) is 0.420. The third-order valence-electron chi connectivity index (χ3n) is 6.16. The number of phenolic OH excluding ortho intramolecular Hbond substituents is 1. The van der Waals surface area contributed by atoms with E-state index in [2.05, 4.69) is 5.32 Å². The van der Waals surface area contributed by atoms with E-state index in [1.54, 1.807) is 19.1 Å². The molecule has 3 atom stereocenters. The van der Waals surface area contributed by atoms with Crippen LogP contribution in [0.4, 0.5) is 0 Å². The number of carbonyl (C=O) groups is 3. The smallest absolute Gasteiger partial charge is 0.336 e. The molecule has 1 aliphatic heterocycles. The molecule has 0 saturated carbocycles. The zero-order chi connectivity index (χ0) is 25.0. The first-order chi connectivity index (χ1) is 16.2. The maximum Gasteiger partial charge on any atom is 0.336 e. The summed E-state index contributed by atoms with van der Waals surface area (Å²) in [4.78, 5) is 39.3. The van der Waals surface area contributed by atoms with Crippen molar-refractivity contribution in [3.8, 4) is 11.5 Å². The number of Topliss-reactive ketones (excluding diaryl/α,β-unsaturated/α-hetero) is 1. The number of dihydropyridines is 1. The SMILES string of the molecule is CCOCCOC(=O)C1=C(C)NC2=C(C(=O)[C@@H](C(=O)OC)[C@H](C)C2)[C@@H]1c1ccc(OC)c(O)c1. The number of hydrogen-bond acceptors (Lipinski definition) is 9. The molecule has 0 fully saturated rings. The molecule has 2 aliphatic rings. The molecule has 0 bridgehead atoms. The van der Waals surface area contributed by atoms with Crippen LogP contribution in [0, 0.1) is 11.8 Å². The topological polar surface area (TPSA) is 120 Å². The van der Waals surface area contributed by atoms with E-state index in [0.29, 0.717) is 35.6 Å². The lowest BCUT2D eigenvalue weighted by atomic mass is 9.69. The quantitative estimate of drug-likeness (QED) is 0.333. The van der Waals surface area contributed by atoms with Crippen molar-refractivity contribution in [2.75, 3.05) is 34.0 Å². The molecule has 1 aromatic rings. The van der Waals surface area contributed by atoms with Crippen LogP contribution >= 0.6 is 0 Å². The summed E-state index contributed by atoms with van der Waals surface area (Å²) in [5.74, 6) is -3.66. The lowest BCUT2D eigenvalue weighted by Crippen LogP contribution is -2.43. The van der Waals surface area contributed by atoms with Gasteiger partial charge in [-0.25, -0.2) is 4.79 Å². The van der Waals surface area contributed by atoms with E-state index in [1.807, 2.05) is 13.8 Å². The highest BCUT2D eigenvalue weighted by Crippen LogP contribution is 2.46. The van der Waals surface area contributed by atoms with Crippen LogP contribution in [0.25, 0.3) is 0 Å². The van der Waals surface area contributed by atoms with Gasteiger partial charge in [0.05, 0.1) is 26.4 Å². The van der Waals surface area contributed by atoms with Gasteiger partial charge < -0.3 is 29.4 Å². The number of esters is 2. The molecule has 184 valence electrons. The first-order valence-corrected chi connectivity index (χ1v) is 11.2. The van der Waals surface area contributed by atoms with E-state index in [4.69, 9.17) is 18.9 Å². The monoisotopic (exact) mass is 473 g/mol. The van der Waals surface area contributed by atoms with Crippen molar-refractivity contribution in [3.63, 3.8) is 0 Å². The Balaban J connectivity index is 2.11. The molecule has 2 N–H and O–H groups in total. The summed E-state index contributed by atoms with van der Waals surface area (Å²) in [6.45, 7) is 6.17. The van der Waals surface area contributed by atoms with Crippen LogP contribution in [0.5, 0.6) is 11.5 Å².